The van der Waals surface area contributed by atoms with E-state index in [2.05, 4.69) is 26.9 Å². The summed E-state index contributed by atoms with van der Waals surface area (Å²) < 4.78 is 0. The Morgan fingerprint density at radius 3 is 2.68 bits per heavy atom. The molecule has 0 saturated heterocycles. The third-order valence-electron chi connectivity index (χ3n) is 2.14. The molecule has 1 aromatic rings. The van der Waals surface area contributed by atoms with Crippen LogP contribution in [-0.2, 0) is 4.79 Å². The van der Waals surface area contributed by atoms with Crippen LogP contribution in [0.2, 0.25) is 0 Å². The molecule has 19 heavy (non-hydrogen) atoms. The highest BCUT2D eigenvalue weighted by Crippen LogP contribution is 2.04. The Balaban J connectivity index is 2.48. The van der Waals surface area contributed by atoms with Gasteiger partial charge in [-0.25, -0.2) is 4.99 Å². The Kier molecular flexibility index (Phi) is 6.59. The summed E-state index contributed by atoms with van der Waals surface area (Å²) >= 11 is 0. The smallest absolute Gasteiger partial charge is 0.246 e. The number of amides is 1. The van der Waals surface area contributed by atoms with Gasteiger partial charge in [-0.05, 0) is 19.1 Å². The number of nitrogens with one attached hydrogen (secondary N) is 3. The number of guanidine groups is 1. The minimum absolute atomic E-state index is 0.0365. The van der Waals surface area contributed by atoms with Crippen LogP contribution in [0.25, 0.3) is 0 Å². The topological polar surface area (TPSA) is 65.5 Å². The molecule has 0 aliphatic heterocycles. The zero-order chi connectivity index (χ0) is 13.9. The van der Waals surface area contributed by atoms with Crippen LogP contribution in [0.4, 0.5) is 5.69 Å². The van der Waals surface area contributed by atoms with Gasteiger partial charge < -0.3 is 16.0 Å². The standard InChI is InChI=1S/C14H18N4O/c1-3-10-16-14(15-4-2)17-11-13(19)18-12-8-6-5-7-9-12/h1,5-9H,4,10-11H2,2H3,(H,18,19)(H2,15,16,17). The van der Waals surface area contributed by atoms with Gasteiger partial charge in [0.05, 0.1) is 6.54 Å². The lowest BCUT2D eigenvalue weighted by Crippen LogP contribution is -2.38. The van der Waals surface area contributed by atoms with Crippen LogP contribution in [0.5, 0.6) is 0 Å². The number of hydrogen-bond acceptors (Lipinski definition) is 2. The molecule has 0 aliphatic carbocycles. The second-order valence-corrected chi connectivity index (χ2v) is 3.67. The quantitative estimate of drug-likeness (QED) is 0.416. The van der Waals surface area contributed by atoms with Gasteiger partial charge in [0.25, 0.3) is 0 Å². The van der Waals surface area contributed by atoms with Crippen molar-refractivity contribution in [1.29, 1.82) is 0 Å². The Hall–Kier alpha value is -2.48. The van der Waals surface area contributed by atoms with E-state index in [1.807, 2.05) is 37.3 Å². The summed E-state index contributed by atoms with van der Waals surface area (Å²) in [5, 5.41) is 8.67. The van der Waals surface area contributed by atoms with Gasteiger partial charge in [-0.1, -0.05) is 24.1 Å². The van der Waals surface area contributed by atoms with E-state index in [0.29, 0.717) is 19.0 Å². The van der Waals surface area contributed by atoms with Crippen molar-refractivity contribution in [1.82, 2.24) is 10.6 Å². The lowest BCUT2D eigenvalue weighted by Gasteiger charge is -2.08. The molecule has 0 radical (unpaired) electrons. The highest BCUT2D eigenvalue weighted by atomic mass is 16.1. The van der Waals surface area contributed by atoms with Crippen LogP contribution in [0.15, 0.2) is 35.3 Å². The molecule has 5 nitrogen and oxygen atoms in total. The number of hydrogen-bond donors (Lipinski definition) is 3. The molecule has 3 N–H and O–H groups in total. The molecule has 1 amide bonds. The molecule has 0 saturated carbocycles. The van der Waals surface area contributed by atoms with Gasteiger partial charge >= 0.3 is 0 Å². The summed E-state index contributed by atoms with van der Waals surface area (Å²) in [7, 11) is 0. The fourth-order valence-corrected chi connectivity index (χ4v) is 1.35. The number of benzene rings is 1. The van der Waals surface area contributed by atoms with E-state index < -0.39 is 0 Å². The first-order chi connectivity index (χ1) is 9.26. The van der Waals surface area contributed by atoms with E-state index in [-0.39, 0.29) is 12.5 Å². The second kappa shape index (κ2) is 8.59. The van der Waals surface area contributed by atoms with Crippen molar-refractivity contribution in [3.63, 3.8) is 0 Å². The van der Waals surface area contributed by atoms with E-state index in [1.165, 1.54) is 0 Å². The summed E-state index contributed by atoms with van der Waals surface area (Å²) in [6.07, 6.45) is 5.16. The Bertz CT molecular complexity index is 462. The van der Waals surface area contributed by atoms with Crippen molar-refractivity contribution in [3.8, 4) is 12.3 Å². The van der Waals surface area contributed by atoms with E-state index in [1.54, 1.807) is 0 Å². The Labute approximate surface area is 113 Å². The Morgan fingerprint density at radius 2 is 2.05 bits per heavy atom. The first-order valence-electron chi connectivity index (χ1n) is 6.06. The van der Waals surface area contributed by atoms with Gasteiger partial charge in [0, 0.05) is 12.2 Å². The van der Waals surface area contributed by atoms with Gasteiger partial charge in [-0.15, -0.1) is 6.42 Å². The molecule has 5 heteroatoms. The maximum atomic E-state index is 11.7. The van der Waals surface area contributed by atoms with E-state index in [9.17, 15) is 4.79 Å². The maximum Gasteiger partial charge on any atom is 0.246 e. The van der Waals surface area contributed by atoms with Crippen molar-refractivity contribution in [2.75, 3.05) is 25.0 Å². The molecule has 1 aromatic carbocycles. The van der Waals surface area contributed by atoms with E-state index in [4.69, 9.17) is 6.42 Å². The summed E-state index contributed by atoms with van der Waals surface area (Å²) in [6, 6.07) is 9.25. The molecular weight excluding hydrogens is 240 g/mol. The summed E-state index contributed by atoms with van der Waals surface area (Å²) in [5.74, 6) is 2.81. The number of para-hydroxylation sites is 1. The van der Waals surface area contributed by atoms with Gasteiger partial charge in [0.1, 0.15) is 6.54 Å². The molecule has 0 unspecified atom stereocenters. The number of rotatable bonds is 5. The number of anilines is 1. The lowest BCUT2D eigenvalue weighted by atomic mass is 10.3. The first kappa shape index (κ1) is 14.6. The van der Waals surface area contributed by atoms with Crippen molar-refractivity contribution in [2.45, 2.75) is 6.92 Å². The first-order valence-corrected chi connectivity index (χ1v) is 6.06. The van der Waals surface area contributed by atoms with Crippen molar-refractivity contribution in [3.05, 3.63) is 30.3 Å². The van der Waals surface area contributed by atoms with Crippen LogP contribution in [0, 0.1) is 12.3 Å². The number of terminal acetylenes is 1. The van der Waals surface area contributed by atoms with Gasteiger partial charge in [-0.2, -0.15) is 0 Å². The van der Waals surface area contributed by atoms with Crippen LogP contribution in [0.1, 0.15) is 6.92 Å². The fourth-order valence-electron chi connectivity index (χ4n) is 1.35. The van der Waals surface area contributed by atoms with Crippen molar-refractivity contribution in [2.24, 2.45) is 4.99 Å². The number of aliphatic imine (C=N–C) groups is 1. The predicted octanol–water partition coefficient (Wildman–Crippen LogP) is 0.813. The average Bonchev–Trinajstić information content (AvgIpc) is 2.43. The van der Waals surface area contributed by atoms with Crippen LogP contribution >= 0.6 is 0 Å². The largest absolute Gasteiger partial charge is 0.357 e. The van der Waals surface area contributed by atoms with Crippen LogP contribution in [0.3, 0.4) is 0 Å². The van der Waals surface area contributed by atoms with Crippen LogP contribution < -0.4 is 16.0 Å². The van der Waals surface area contributed by atoms with Gasteiger partial charge in [-0.3, -0.25) is 4.79 Å². The SMILES string of the molecule is C#CCNC(=NCC(=O)Nc1ccccc1)NCC. The second-order valence-electron chi connectivity index (χ2n) is 3.67. The molecular formula is C14H18N4O. The molecule has 0 heterocycles. The van der Waals surface area contributed by atoms with Gasteiger partial charge in [0.2, 0.25) is 5.91 Å². The monoisotopic (exact) mass is 258 g/mol. The lowest BCUT2D eigenvalue weighted by molar-refractivity contribution is -0.114. The summed E-state index contributed by atoms with van der Waals surface area (Å²) in [6.45, 7) is 3.05. The predicted molar refractivity (Wildman–Crippen MR) is 77.9 cm³/mol. The highest BCUT2D eigenvalue weighted by molar-refractivity contribution is 5.94. The van der Waals surface area contributed by atoms with E-state index >= 15 is 0 Å². The normalized spacial score (nSPS) is 10.4. The average molecular weight is 258 g/mol. The Morgan fingerprint density at radius 1 is 1.32 bits per heavy atom. The summed E-state index contributed by atoms with van der Waals surface area (Å²) in [4.78, 5) is 15.8. The van der Waals surface area contributed by atoms with Crippen molar-refractivity contribution >= 4 is 17.6 Å². The molecule has 1 rings (SSSR count). The van der Waals surface area contributed by atoms with Gasteiger partial charge in [0.15, 0.2) is 5.96 Å². The molecule has 0 spiro atoms. The fraction of sp³-hybridized carbons (Fsp3) is 0.286. The zero-order valence-electron chi connectivity index (χ0n) is 10.9. The molecule has 0 aromatic heterocycles. The molecule has 0 bridgehead atoms. The maximum absolute atomic E-state index is 11.7. The molecule has 100 valence electrons. The molecule has 0 aliphatic rings. The zero-order valence-corrected chi connectivity index (χ0v) is 10.9. The van der Waals surface area contributed by atoms with E-state index in [0.717, 1.165) is 5.69 Å². The molecule has 0 fully saturated rings. The number of nitrogens with zero attached hydrogens (tertiary/aromatic N) is 1. The minimum Gasteiger partial charge on any atom is -0.357 e. The number of carbonyl (C=O) groups excluding carboxylic acids is 1. The third-order valence-corrected chi connectivity index (χ3v) is 2.14. The van der Waals surface area contributed by atoms with Crippen LogP contribution in [-0.4, -0.2) is 31.5 Å². The van der Waals surface area contributed by atoms with Crippen molar-refractivity contribution < 1.29 is 4.79 Å². The third kappa shape index (κ3) is 6.13. The molecule has 0 atom stereocenters. The minimum atomic E-state index is -0.177. The number of carbonyl (C=O) groups is 1. The summed E-state index contributed by atoms with van der Waals surface area (Å²) in [5.41, 5.74) is 0.754. The highest BCUT2D eigenvalue weighted by Gasteiger charge is 2.02.